The third-order valence-electron chi connectivity index (χ3n) is 4.55. The maximum atomic E-state index is 12.8. The van der Waals surface area contributed by atoms with Gasteiger partial charge in [0.2, 0.25) is 5.91 Å². The summed E-state index contributed by atoms with van der Waals surface area (Å²) in [4.78, 5) is 25.4. The monoisotopic (exact) mass is 348 g/mol. The molecule has 1 fully saturated rings. The van der Waals surface area contributed by atoms with E-state index in [9.17, 15) is 9.59 Å². The van der Waals surface area contributed by atoms with Crippen LogP contribution in [0.4, 0.5) is 0 Å². The van der Waals surface area contributed by atoms with E-state index < -0.39 is 6.04 Å². The number of nitrogens with one attached hydrogen (secondary N) is 2. The van der Waals surface area contributed by atoms with E-state index in [1.54, 1.807) is 0 Å². The number of carbonyl (C=O) groups excluding carboxylic acids is 2. The van der Waals surface area contributed by atoms with Crippen molar-refractivity contribution in [2.24, 2.45) is 0 Å². The first kappa shape index (κ1) is 16.4. The number of hydrogen-bond donors (Lipinski definition) is 2. The van der Waals surface area contributed by atoms with Crippen LogP contribution in [-0.4, -0.2) is 23.9 Å². The number of carbonyl (C=O) groups is 2. The zero-order valence-electron chi connectivity index (χ0n) is 14.3. The lowest BCUT2D eigenvalue weighted by molar-refractivity contribution is -0.123. The van der Waals surface area contributed by atoms with Crippen molar-refractivity contribution in [2.45, 2.75) is 31.3 Å². The first-order chi connectivity index (χ1) is 12.7. The lowest BCUT2D eigenvalue weighted by Gasteiger charge is -2.18. The van der Waals surface area contributed by atoms with Gasteiger partial charge in [-0.1, -0.05) is 48.5 Å². The van der Waals surface area contributed by atoms with Crippen LogP contribution < -0.4 is 10.6 Å². The highest BCUT2D eigenvalue weighted by molar-refractivity contribution is 6.07. The van der Waals surface area contributed by atoms with Crippen molar-refractivity contribution in [1.29, 1.82) is 0 Å². The van der Waals surface area contributed by atoms with Crippen molar-refractivity contribution in [1.82, 2.24) is 10.6 Å². The molecule has 1 aromatic heterocycles. The van der Waals surface area contributed by atoms with Crippen LogP contribution in [0, 0.1) is 0 Å². The van der Waals surface area contributed by atoms with Gasteiger partial charge in [0.05, 0.1) is 5.56 Å². The zero-order valence-corrected chi connectivity index (χ0v) is 14.3. The fourth-order valence-corrected chi connectivity index (χ4v) is 2.98. The molecular formula is C21H20N2O3. The van der Waals surface area contributed by atoms with Gasteiger partial charge in [-0.05, 0) is 24.5 Å². The van der Waals surface area contributed by atoms with E-state index in [1.165, 1.54) is 6.26 Å². The van der Waals surface area contributed by atoms with E-state index in [0.29, 0.717) is 17.6 Å². The van der Waals surface area contributed by atoms with Gasteiger partial charge in [-0.3, -0.25) is 9.59 Å². The van der Waals surface area contributed by atoms with Gasteiger partial charge < -0.3 is 15.1 Å². The Bertz CT molecular complexity index is 929. The Labute approximate surface area is 151 Å². The van der Waals surface area contributed by atoms with Gasteiger partial charge in [0.1, 0.15) is 17.9 Å². The molecule has 2 N–H and O–H groups in total. The maximum absolute atomic E-state index is 12.8. The van der Waals surface area contributed by atoms with Gasteiger partial charge in [0, 0.05) is 17.8 Å². The van der Waals surface area contributed by atoms with E-state index in [2.05, 4.69) is 10.6 Å². The van der Waals surface area contributed by atoms with E-state index in [-0.39, 0.29) is 17.9 Å². The third-order valence-corrected chi connectivity index (χ3v) is 4.55. The molecule has 1 aliphatic rings. The molecule has 2 amide bonds. The van der Waals surface area contributed by atoms with Crippen LogP contribution in [0.1, 0.15) is 28.8 Å². The second kappa shape index (κ2) is 7.04. The van der Waals surface area contributed by atoms with Crippen LogP contribution in [-0.2, 0) is 11.2 Å². The zero-order chi connectivity index (χ0) is 17.9. The molecule has 2 aromatic carbocycles. The first-order valence-corrected chi connectivity index (χ1v) is 8.82. The van der Waals surface area contributed by atoms with E-state index in [4.69, 9.17) is 4.42 Å². The fourth-order valence-electron chi connectivity index (χ4n) is 2.98. The van der Waals surface area contributed by atoms with E-state index in [0.717, 1.165) is 23.8 Å². The molecule has 0 unspecified atom stereocenters. The molecule has 3 aromatic rings. The number of amides is 2. The molecule has 1 atom stereocenters. The predicted molar refractivity (Wildman–Crippen MR) is 98.8 cm³/mol. The molecule has 0 radical (unpaired) electrons. The highest BCUT2D eigenvalue weighted by Crippen LogP contribution is 2.21. The van der Waals surface area contributed by atoms with Gasteiger partial charge in [-0.2, -0.15) is 0 Å². The summed E-state index contributed by atoms with van der Waals surface area (Å²) in [7, 11) is 0. The standard InChI is InChI=1S/C21H20N2O3/c24-20(17-13-26-19-9-5-4-8-16(17)19)23-18(21(25)22-15-10-11-15)12-14-6-2-1-3-7-14/h1-9,13,15,18H,10-12H2,(H,22,25)(H,23,24)/t18-/m1/s1. The Morgan fingerprint density at radius 2 is 1.77 bits per heavy atom. The Balaban J connectivity index is 1.54. The van der Waals surface area contributed by atoms with Gasteiger partial charge in [-0.25, -0.2) is 0 Å². The summed E-state index contributed by atoms with van der Waals surface area (Å²) in [5.74, 6) is -0.445. The molecule has 1 heterocycles. The Kier molecular flexibility index (Phi) is 4.44. The molecule has 1 saturated carbocycles. The van der Waals surface area contributed by atoms with Crippen LogP contribution in [0.5, 0.6) is 0 Å². The summed E-state index contributed by atoms with van der Waals surface area (Å²) in [6.45, 7) is 0. The van der Waals surface area contributed by atoms with Crippen molar-refractivity contribution in [2.75, 3.05) is 0 Å². The summed E-state index contributed by atoms with van der Waals surface area (Å²) >= 11 is 0. The van der Waals surface area contributed by atoms with E-state index in [1.807, 2.05) is 54.6 Å². The topological polar surface area (TPSA) is 71.3 Å². The van der Waals surface area contributed by atoms with Gasteiger partial charge in [-0.15, -0.1) is 0 Å². The molecule has 132 valence electrons. The Morgan fingerprint density at radius 1 is 1.04 bits per heavy atom. The van der Waals surface area contributed by atoms with Crippen LogP contribution in [0.2, 0.25) is 0 Å². The molecule has 1 aliphatic carbocycles. The number of para-hydroxylation sites is 1. The SMILES string of the molecule is O=C(N[C@H](Cc1ccccc1)C(=O)NC1CC1)c1coc2ccccc12. The van der Waals surface area contributed by atoms with Crippen LogP contribution in [0.3, 0.4) is 0 Å². The molecule has 5 heteroatoms. The van der Waals surface area contributed by atoms with Crippen molar-refractivity contribution >= 4 is 22.8 Å². The molecule has 0 bridgehead atoms. The summed E-state index contributed by atoms with van der Waals surface area (Å²) in [5, 5.41) is 6.61. The molecule has 0 saturated heterocycles. The fraction of sp³-hybridized carbons (Fsp3) is 0.238. The maximum Gasteiger partial charge on any atom is 0.255 e. The normalized spacial score (nSPS) is 14.8. The summed E-state index contributed by atoms with van der Waals surface area (Å²) in [5.41, 5.74) is 2.10. The molecular weight excluding hydrogens is 328 g/mol. The van der Waals surface area contributed by atoms with Gasteiger partial charge in [0.15, 0.2) is 0 Å². The van der Waals surface area contributed by atoms with Crippen molar-refractivity contribution in [3.63, 3.8) is 0 Å². The number of rotatable bonds is 6. The van der Waals surface area contributed by atoms with Crippen molar-refractivity contribution in [3.05, 3.63) is 72.0 Å². The van der Waals surface area contributed by atoms with Crippen molar-refractivity contribution < 1.29 is 14.0 Å². The lowest BCUT2D eigenvalue weighted by atomic mass is 10.0. The minimum Gasteiger partial charge on any atom is -0.463 e. The predicted octanol–water partition coefficient (Wildman–Crippen LogP) is 3.05. The quantitative estimate of drug-likeness (QED) is 0.719. The van der Waals surface area contributed by atoms with Gasteiger partial charge >= 0.3 is 0 Å². The summed E-state index contributed by atoms with van der Waals surface area (Å²) in [6, 6.07) is 16.7. The average molecular weight is 348 g/mol. The highest BCUT2D eigenvalue weighted by atomic mass is 16.3. The average Bonchev–Trinajstić information content (AvgIpc) is 3.37. The molecule has 5 nitrogen and oxygen atoms in total. The van der Waals surface area contributed by atoms with E-state index >= 15 is 0 Å². The highest BCUT2D eigenvalue weighted by Gasteiger charge is 2.29. The van der Waals surface area contributed by atoms with Crippen molar-refractivity contribution in [3.8, 4) is 0 Å². The number of fused-ring (bicyclic) bond motifs is 1. The second-order valence-electron chi connectivity index (χ2n) is 6.64. The molecule has 0 aliphatic heterocycles. The minimum atomic E-state index is -0.626. The molecule has 26 heavy (non-hydrogen) atoms. The van der Waals surface area contributed by atoms with Gasteiger partial charge in [0.25, 0.3) is 5.91 Å². The van der Waals surface area contributed by atoms with Crippen LogP contribution >= 0.6 is 0 Å². The smallest absolute Gasteiger partial charge is 0.255 e. The molecule has 4 rings (SSSR count). The second-order valence-corrected chi connectivity index (χ2v) is 6.64. The van der Waals surface area contributed by atoms with Crippen LogP contribution in [0.25, 0.3) is 11.0 Å². The first-order valence-electron chi connectivity index (χ1n) is 8.82. The number of benzene rings is 2. The number of furan rings is 1. The Hall–Kier alpha value is -3.08. The molecule has 0 spiro atoms. The lowest BCUT2D eigenvalue weighted by Crippen LogP contribution is -2.48. The minimum absolute atomic E-state index is 0.141. The Morgan fingerprint density at radius 3 is 2.54 bits per heavy atom. The van der Waals surface area contributed by atoms with Crippen LogP contribution in [0.15, 0.2) is 65.3 Å². The largest absolute Gasteiger partial charge is 0.463 e. The number of hydrogen-bond acceptors (Lipinski definition) is 3. The third kappa shape index (κ3) is 3.61. The summed E-state index contributed by atoms with van der Waals surface area (Å²) < 4.78 is 5.44. The summed E-state index contributed by atoms with van der Waals surface area (Å²) in [6.07, 6.45) is 3.90.